The van der Waals surface area contributed by atoms with Crippen molar-refractivity contribution in [3.05, 3.63) is 52.5 Å². The van der Waals surface area contributed by atoms with Crippen molar-refractivity contribution in [2.45, 2.75) is 13.0 Å². The average molecular weight is 391 g/mol. The van der Waals surface area contributed by atoms with E-state index in [2.05, 4.69) is 22.3 Å². The Kier molecular flexibility index (Phi) is 6.83. The maximum Gasteiger partial charge on any atom is 0.161 e. The third kappa shape index (κ3) is 4.49. The third-order valence-electron chi connectivity index (χ3n) is 4.81. The molecule has 5 nitrogen and oxygen atoms in total. The van der Waals surface area contributed by atoms with Gasteiger partial charge in [0.25, 0.3) is 0 Å². The maximum absolute atomic E-state index is 6.34. The summed E-state index contributed by atoms with van der Waals surface area (Å²) in [6.07, 6.45) is 0. The lowest BCUT2D eigenvalue weighted by Gasteiger charge is -2.36. The van der Waals surface area contributed by atoms with Crippen LogP contribution in [0.4, 0.5) is 0 Å². The molecule has 1 aliphatic rings. The molecular weight excluding hydrogens is 364 g/mol. The Labute approximate surface area is 166 Å². The molecule has 1 saturated heterocycles. The highest BCUT2D eigenvalue weighted by molar-refractivity contribution is 6.30. The molecule has 2 aromatic rings. The van der Waals surface area contributed by atoms with Gasteiger partial charge >= 0.3 is 0 Å². The van der Waals surface area contributed by atoms with Crippen LogP contribution in [0.5, 0.6) is 17.2 Å². The van der Waals surface area contributed by atoms with Gasteiger partial charge in [0.05, 0.1) is 26.9 Å². The summed E-state index contributed by atoms with van der Waals surface area (Å²) in [4.78, 5) is 2.45. The van der Waals surface area contributed by atoms with E-state index in [1.165, 1.54) is 0 Å². The van der Waals surface area contributed by atoms with Crippen molar-refractivity contribution in [3.8, 4) is 17.2 Å². The number of methoxy groups -OCH3 is 2. The summed E-state index contributed by atoms with van der Waals surface area (Å²) in [7, 11) is 3.35. The predicted molar refractivity (Wildman–Crippen MR) is 108 cm³/mol. The number of benzene rings is 2. The van der Waals surface area contributed by atoms with Crippen LogP contribution in [0.15, 0.2) is 36.4 Å². The number of ether oxygens (including phenoxy) is 3. The summed E-state index contributed by atoms with van der Waals surface area (Å²) in [5.74, 6) is 2.31. The number of rotatable bonds is 7. The van der Waals surface area contributed by atoms with Gasteiger partial charge in [-0.3, -0.25) is 4.90 Å². The second kappa shape index (κ2) is 9.31. The molecule has 0 amide bonds. The van der Waals surface area contributed by atoms with Crippen LogP contribution < -0.4 is 19.5 Å². The Morgan fingerprint density at radius 3 is 2.37 bits per heavy atom. The quantitative estimate of drug-likeness (QED) is 0.779. The van der Waals surface area contributed by atoms with Gasteiger partial charge in [-0.15, -0.1) is 0 Å². The van der Waals surface area contributed by atoms with Crippen molar-refractivity contribution in [2.24, 2.45) is 0 Å². The smallest absolute Gasteiger partial charge is 0.161 e. The first kappa shape index (κ1) is 19.8. The molecule has 1 fully saturated rings. The van der Waals surface area contributed by atoms with Crippen LogP contribution in [0.2, 0.25) is 5.02 Å². The van der Waals surface area contributed by atoms with Crippen LogP contribution >= 0.6 is 11.6 Å². The molecule has 0 radical (unpaired) electrons. The van der Waals surface area contributed by atoms with E-state index in [-0.39, 0.29) is 6.04 Å². The second-order valence-corrected chi connectivity index (χ2v) is 6.85. The zero-order valence-corrected chi connectivity index (χ0v) is 16.9. The minimum absolute atomic E-state index is 0.0193. The number of hydrogen-bond donors (Lipinski definition) is 1. The molecule has 0 aromatic heterocycles. The summed E-state index contributed by atoms with van der Waals surface area (Å²) < 4.78 is 16.9. The fraction of sp³-hybridized carbons (Fsp3) is 0.429. The molecule has 27 heavy (non-hydrogen) atoms. The highest BCUT2D eigenvalue weighted by atomic mass is 35.5. The average Bonchev–Trinajstić information content (AvgIpc) is 2.70. The van der Waals surface area contributed by atoms with E-state index in [1.807, 2.05) is 31.2 Å². The number of piperazine rings is 1. The Hall–Kier alpha value is -1.95. The normalized spacial score (nSPS) is 16.0. The molecule has 0 saturated carbocycles. The lowest BCUT2D eigenvalue weighted by molar-refractivity contribution is 0.195. The molecule has 2 aromatic carbocycles. The molecule has 1 heterocycles. The molecule has 6 heteroatoms. The topological polar surface area (TPSA) is 43.0 Å². The summed E-state index contributed by atoms with van der Waals surface area (Å²) >= 11 is 6.34. The Balaban J connectivity index is 2.10. The van der Waals surface area contributed by atoms with Crippen molar-refractivity contribution in [1.82, 2.24) is 10.2 Å². The first-order valence-electron chi connectivity index (χ1n) is 9.26. The molecule has 146 valence electrons. The van der Waals surface area contributed by atoms with Gasteiger partial charge in [-0.05, 0) is 42.8 Å². The van der Waals surface area contributed by atoms with E-state index in [0.717, 1.165) is 54.6 Å². The Bertz CT molecular complexity index is 763. The van der Waals surface area contributed by atoms with E-state index in [0.29, 0.717) is 11.6 Å². The summed E-state index contributed by atoms with van der Waals surface area (Å²) in [5.41, 5.74) is 2.18. The molecular formula is C21H27ClN2O3. The van der Waals surface area contributed by atoms with E-state index < -0.39 is 0 Å². The van der Waals surface area contributed by atoms with Crippen LogP contribution in [0.3, 0.4) is 0 Å². The van der Waals surface area contributed by atoms with Gasteiger partial charge in [0.1, 0.15) is 5.75 Å². The van der Waals surface area contributed by atoms with Gasteiger partial charge in [-0.2, -0.15) is 0 Å². The number of halogens is 1. The van der Waals surface area contributed by atoms with Gasteiger partial charge in [0.15, 0.2) is 11.5 Å². The zero-order valence-electron chi connectivity index (χ0n) is 16.1. The SMILES string of the molecule is CCOc1cc(C(c2cc(Cl)ccc2OC)N2CCNCC2)ccc1OC. The first-order valence-corrected chi connectivity index (χ1v) is 9.64. The molecule has 0 bridgehead atoms. The van der Waals surface area contributed by atoms with Gasteiger partial charge in [0, 0.05) is 36.8 Å². The van der Waals surface area contributed by atoms with E-state index >= 15 is 0 Å². The lowest BCUT2D eigenvalue weighted by atomic mass is 9.95. The second-order valence-electron chi connectivity index (χ2n) is 6.42. The lowest BCUT2D eigenvalue weighted by Crippen LogP contribution is -2.45. The molecule has 0 aliphatic carbocycles. The van der Waals surface area contributed by atoms with Crippen LogP contribution in [0.1, 0.15) is 24.1 Å². The molecule has 0 spiro atoms. The molecule has 1 N–H and O–H groups in total. The summed E-state index contributed by atoms with van der Waals surface area (Å²) in [6.45, 7) is 6.34. The highest BCUT2D eigenvalue weighted by Gasteiger charge is 2.27. The van der Waals surface area contributed by atoms with Gasteiger partial charge in [-0.25, -0.2) is 0 Å². The standard InChI is InChI=1S/C21H27ClN2O3/c1-4-27-20-13-15(5-7-19(20)26-3)21(24-11-9-23-10-12-24)17-14-16(22)6-8-18(17)25-2/h5-8,13-14,21,23H,4,9-12H2,1-3H3. The molecule has 1 atom stereocenters. The van der Waals surface area contributed by atoms with Gasteiger partial charge < -0.3 is 19.5 Å². The van der Waals surface area contributed by atoms with Crippen molar-refractivity contribution >= 4 is 11.6 Å². The maximum atomic E-state index is 6.34. The van der Waals surface area contributed by atoms with Gasteiger partial charge in [-0.1, -0.05) is 17.7 Å². The Morgan fingerprint density at radius 2 is 1.70 bits per heavy atom. The largest absolute Gasteiger partial charge is 0.496 e. The fourth-order valence-electron chi connectivity index (χ4n) is 3.58. The van der Waals surface area contributed by atoms with Gasteiger partial charge in [0.2, 0.25) is 0 Å². The van der Waals surface area contributed by atoms with Crippen LogP contribution in [-0.2, 0) is 0 Å². The van der Waals surface area contributed by atoms with E-state index in [9.17, 15) is 0 Å². The molecule has 3 rings (SSSR count). The first-order chi connectivity index (χ1) is 13.2. The minimum atomic E-state index is 0.0193. The fourth-order valence-corrected chi connectivity index (χ4v) is 3.76. The molecule has 1 aliphatic heterocycles. The van der Waals surface area contributed by atoms with Crippen molar-refractivity contribution in [3.63, 3.8) is 0 Å². The zero-order chi connectivity index (χ0) is 19.2. The van der Waals surface area contributed by atoms with Crippen LogP contribution in [-0.4, -0.2) is 51.9 Å². The van der Waals surface area contributed by atoms with Crippen LogP contribution in [0, 0.1) is 0 Å². The van der Waals surface area contributed by atoms with E-state index in [4.69, 9.17) is 25.8 Å². The van der Waals surface area contributed by atoms with Crippen molar-refractivity contribution in [2.75, 3.05) is 47.0 Å². The monoisotopic (exact) mass is 390 g/mol. The number of nitrogens with zero attached hydrogens (tertiary/aromatic N) is 1. The minimum Gasteiger partial charge on any atom is -0.496 e. The summed E-state index contributed by atoms with van der Waals surface area (Å²) in [6, 6.07) is 11.9. The van der Waals surface area contributed by atoms with Crippen molar-refractivity contribution < 1.29 is 14.2 Å². The number of nitrogens with one attached hydrogen (secondary N) is 1. The van der Waals surface area contributed by atoms with E-state index in [1.54, 1.807) is 14.2 Å². The predicted octanol–water partition coefficient (Wildman–Crippen LogP) is 3.75. The van der Waals surface area contributed by atoms with Crippen LogP contribution in [0.25, 0.3) is 0 Å². The molecule has 1 unspecified atom stereocenters. The highest BCUT2D eigenvalue weighted by Crippen LogP contribution is 2.39. The third-order valence-corrected chi connectivity index (χ3v) is 5.04. The Morgan fingerprint density at radius 1 is 1.00 bits per heavy atom. The van der Waals surface area contributed by atoms with Crippen molar-refractivity contribution in [1.29, 1.82) is 0 Å². The summed E-state index contributed by atoms with van der Waals surface area (Å²) in [5, 5.41) is 4.12. The number of hydrogen-bond acceptors (Lipinski definition) is 5.